The molecule has 3 aromatic heterocycles. The lowest BCUT2D eigenvalue weighted by Crippen LogP contribution is -2.39. The second-order valence-electron chi connectivity index (χ2n) is 7.89. The predicted molar refractivity (Wildman–Crippen MR) is 115 cm³/mol. The van der Waals surface area contributed by atoms with E-state index in [2.05, 4.69) is 4.98 Å². The van der Waals surface area contributed by atoms with Gasteiger partial charge in [-0.1, -0.05) is 23.8 Å². The van der Waals surface area contributed by atoms with Gasteiger partial charge in [0.25, 0.3) is 5.91 Å². The van der Waals surface area contributed by atoms with E-state index in [0.717, 1.165) is 53.1 Å². The Labute approximate surface area is 175 Å². The molecule has 1 unspecified atom stereocenters. The number of fused-ring (bicyclic) bond motifs is 1. The average molecular weight is 397 g/mol. The molecule has 1 atom stereocenters. The molecule has 0 radical (unpaired) electrons. The fraction of sp³-hybridized carbons (Fsp3) is 0.250. The smallest absolute Gasteiger partial charge is 0.253 e. The van der Waals surface area contributed by atoms with Crippen LogP contribution in [0.15, 0.2) is 67.1 Å². The summed E-state index contributed by atoms with van der Waals surface area (Å²) in [5.74, 6) is 1.04. The highest BCUT2D eigenvalue weighted by molar-refractivity contribution is 5.94. The van der Waals surface area contributed by atoms with Crippen LogP contribution in [0.2, 0.25) is 0 Å². The van der Waals surface area contributed by atoms with Crippen LogP contribution in [0.5, 0.6) is 0 Å². The number of rotatable bonds is 3. The lowest BCUT2D eigenvalue weighted by molar-refractivity contribution is 0.0704. The van der Waals surface area contributed by atoms with E-state index in [0.29, 0.717) is 6.54 Å². The fourth-order valence-corrected chi connectivity index (χ4v) is 4.11. The lowest BCUT2D eigenvalue weighted by Gasteiger charge is -2.31. The van der Waals surface area contributed by atoms with Gasteiger partial charge in [0.15, 0.2) is 11.5 Å². The monoisotopic (exact) mass is 397 g/mol. The van der Waals surface area contributed by atoms with Crippen LogP contribution in [0.1, 0.15) is 40.5 Å². The zero-order chi connectivity index (χ0) is 20.5. The van der Waals surface area contributed by atoms with Crippen LogP contribution in [-0.4, -0.2) is 43.5 Å². The molecule has 1 aromatic carbocycles. The molecule has 0 bridgehead atoms. The minimum atomic E-state index is 0.0889. The number of carbonyl (C=O) groups is 1. The molecule has 6 nitrogen and oxygen atoms in total. The van der Waals surface area contributed by atoms with Crippen LogP contribution in [0.4, 0.5) is 0 Å². The largest absolute Gasteiger partial charge is 0.338 e. The first-order valence-electron chi connectivity index (χ1n) is 10.3. The number of hydrogen-bond donors (Lipinski definition) is 0. The Morgan fingerprint density at radius 3 is 2.87 bits per heavy atom. The van der Waals surface area contributed by atoms with Crippen LogP contribution < -0.4 is 0 Å². The molecule has 6 heteroatoms. The van der Waals surface area contributed by atoms with E-state index in [1.54, 1.807) is 6.20 Å². The van der Waals surface area contributed by atoms with Crippen molar-refractivity contribution in [1.82, 2.24) is 24.5 Å². The van der Waals surface area contributed by atoms with Crippen LogP contribution in [-0.2, 0) is 0 Å². The van der Waals surface area contributed by atoms with Crippen molar-refractivity contribution in [2.45, 2.75) is 25.7 Å². The number of hydrogen-bond acceptors (Lipinski definition) is 4. The Hall–Kier alpha value is -3.54. The lowest BCUT2D eigenvalue weighted by atomic mass is 9.96. The fourth-order valence-electron chi connectivity index (χ4n) is 4.11. The van der Waals surface area contributed by atoms with E-state index in [1.807, 2.05) is 77.3 Å². The number of nitrogens with zero attached hydrogens (tertiary/aromatic N) is 5. The first kappa shape index (κ1) is 18.5. The maximum atomic E-state index is 13.0. The molecule has 0 aliphatic carbocycles. The first-order chi connectivity index (χ1) is 14.7. The Kier molecular flexibility index (Phi) is 4.75. The third-order valence-electron chi connectivity index (χ3n) is 5.68. The summed E-state index contributed by atoms with van der Waals surface area (Å²) in [6.45, 7) is 3.44. The number of amides is 1. The molecular formula is C24H23N5O. The Morgan fingerprint density at radius 2 is 2.03 bits per heavy atom. The van der Waals surface area contributed by atoms with Gasteiger partial charge in [0, 0.05) is 54.3 Å². The van der Waals surface area contributed by atoms with Gasteiger partial charge >= 0.3 is 0 Å². The topological polar surface area (TPSA) is 63.4 Å². The van der Waals surface area contributed by atoms with Crippen LogP contribution in [0.3, 0.4) is 0 Å². The van der Waals surface area contributed by atoms with Gasteiger partial charge in [0.2, 0.25) is 0 Å². The molecule has 1 aliphatic rings. The Bertz CT molecular complexity index is 1200. The van der Waals surface area contributed by atoms with E-state index < -0.39 is 0 Å². The van der Waals surface area contributed by atoms with Crippen molar-refractivity contribution in [3.8, 4) is 11.1 Å². The third kappa shape index (κ3) is 3.56. The third-order valence-corrected chi connectivity index (χ3v) is 5.68. The van der Waals surface area contributed by atoms with E-state index in [1.165, 1.54) is 0 Å². The van der Waals surface area contributed by atoms with Gasteiger partial charge in [0.1, 0.15) is 0 Å². The first-order valence-corrected chi connectivity index (χ1v) is 10.3. The number of aromatic nitrogens is 4. The molecule has 0 saturated carbocycles. The summed E-state index contributed by atoms with van der Waals surface area (Å²) in [6.07, 6.45) is 7.54. The molecule has 1 fully saturated rings. The van der Waals surface area contributed by atoms with E-state index in [-0.39, 0.29) is 11.8 Å². The molecular weight excluding hydrogens is 374 g/mol. The maximum absolute atomic E-state index is 13.0. The molecule has 150 valence electrons. The SMILES string of the molecule is Cc1cccc(C(=O)N2CCCC(c3nc4ccc(-c5cccnc5)cn4n3)C2)c1. The van der Waals surface area contributed by atoms with Crippen molar-refractivity contribution < 1.29 is 4.79 Å². The van der Waals surface area contributed by atoms with E-state index >= 15 is 0 Å². The number of piperidine rings is 1. The van der Waals surface area contributed by atoms with Gasteiger partial charge in [-0.05, 0) is 50.1 Å². The average Bonchev–Trinajstić information content (AvgIpc) is 3.23. The van der Waals surface area contributed by atoms with Gasteiger partial charge in [-0.15, -0.1) is 0 Å². The Balaban J connectivity index is 1.39. The van der Waals surface area contributed by atoms with Crippen molar-refractivity contribution in [2.24, 2.45) is 0 Å². The van der Waals surface area contributed by atoms with Crippen molar-refractivity contribution >= 4 is 11.6 Å². The van der Waals surface area contributed by atoms with Crippen molar-refractivity contribution in [1.29, 1.82) is 0 Å². The van der Waals surface area contributed by atoms with Gasteiger partial charge in [-0.3, -0.25) is 9.78 Å². The standard InChI is InChI=1S/C24H23N5O/c1-17-5-2-6-18(13-17)24(30)28-12-4-8-21(15-28)23-26-22-10-9-20(16-29(22)27-23)19-7-3-11-25-14-19/h2-3,5-7,9-11,13-14,16,21H,4,8,12,15H2,1H3. The number of aryl methyl sites for hydroxylation is 1. The van der Waals surface area contributed by atoms with Crippen molar-refractivity contribution in [3.05, 3.63) is 84.1 Å². The molecule has 1 saturated heterocycles. The molecule has 1 amide bonds. The second kappa shape index (κ2) is 7.71. The summed E-state index contributed by atoms with van der Waals surface area (Å²) < 4.78 is 1.83. The molecule has 4 heterocycles. The highest BCUT2D eigenvalue weighted by atomic mass is 16.2. The van der Waals surface area contributed by atoms with Gasteiger partial charge < -0.3 is 4.90 Å². The summed E-state index contributed by atoms with van der Waals surface area (Å²) in [5.41, 5.74) is 4.76. The maximum Gasteiger partial charge on any atom is 0.253 e. The highest BCUT2D eigenvalue weighted by Crippen LogP contribution is 2.27. The van der Waals surface area contributed by atoms with E-state index in [4.69, 9.17) is 10.1 Å². The van der Waals surface area contributed by atoms with Gasteiger partial charge in [-0.25, -0.2) is 9.50 Å². The van der Waals surface area contributed by atoms with Crippen LogP contribution in [0, 0.1) is 6.92 Å². The number of carbonyl (C=O) groups excluding carboxylic acids is 1. The number of likely N-dealkylation sites (tertiary alicyclic amines) is 1. The quantitative estimate of drug-likeness (QED) is 0.522. The zero-order valence-electron chi connectivity index (χ0n) is 16.9. The molecule has 1 aliphatic heterocycles. The minimum Gasteiger partial charge on any atom is -0.338 e. The zero-order valence-corrected chi connectivity index (χ0v) is 16.9. The summed E-state index contributed by atoms with van der Waals surface area (Å²) in [6, 6.07) is 15.8. The van der Waals surface area contributed by atoms with Crippen LogP contribution in [0.25, 0.3) is 16.8 Å². The van der Waals surface area contributed by atoms with Gasteiger partial charge in [-0.2, -0.15) is 5.10 Å². The Morgan fingerprint density at radius 1 is 1.10 bits per heavy atom. The van der Waals surface area contributed by atoms with Crippen LogP contribution >= 0.6 is 0 Å². The predicted octanol–water partition coefficient (Wildman–Crippen LogP) is 4.12. The molecule has 30 heavy (non-hydrogen) atoms. The summed E-state index contributed by atoms with van der Waals surface area (Å²) >= 11 is 0. The van der Waals surface area contributed by atoms with Gasteiger partial charge in [0.05, 0.1) is 0 Å². The molecule has 5 rings (SSSR count). The minimum absolute atomic E-state index is 0.0889. The highest BCUT2D eigenvalue weighted by Gasteiger charge is 2.28. The van der Waals surface area contributed by atoms with E-state index in [9.17, 15) is 4.79 Å². The summed E-state index contributed by atoms with van der Waals surface area (Å²) in [7, 11) is 0. The normalized spacial score (nSPS) is 16.7. The number of benzene rings is 1. The summed E-state index contributed by atoms with van der Waals surface area (Å²) in [5, 5.41) is 4.75. The van der Waals surface area contributed by atoms with Crippen molar-refractivity contribution in [2.75, 3.05) is 13.1 Å². The molecule has 0 N–H and O–H groups in total. The molecule has 0 spiro atoms. The second-order valence-corrected chi connectivity index (χ2v) is 7.89. The molecule has 4 aromatic rings. The van der Waals surface area contributed by atoms with Crippen molar-refractivity contribution in [3.63, 3.8) is 0 Å². The number of pyridine rings is 2. The summed E-state index contributed by atoms with van der Waals surface area (Å²) in [4.78, 5) is 23.9.